The van der Waals surface area contributed by atoms with Gasteiger partial charge in [0.15, 0.2) is 5.78 Å². The topological polar surface area (TPSA) is 101 Å². The van der Waals surface area contributed by atoms with Crippen LogP contribution in [-0.2, 0) is 0 Å². The predicted molar refractivity (Wildman–Crippen MR) is 109 cm³/mol. The number of carbonyl (C=O) groups is 2. The Morgan fingerprint density at radius 2 is 1.55 bits per heavy atom. The molecule has 29 heavy (non-hydrogen) atoms. The van der Waals surface area contributed by atoms with Crippen molar-refractivity contribution < 1.29 is 14.5 Å². The number of ketones is 1. The molecule has 0 saturated heterocycles. The molecule has 144 valence electrons. The molecule has 0 aromatic heterocycles. The van der Waals surface area contributed by atoms with E-state index in [1.807, 2.05) is 18.2 Å². The lowest BCUT2D eigenvalue weighted by Gasteiger charge is -2.09. The summed E-state index contributed by atoms with van der Waals surface area (Å²) in [5.74, 6) is -0.385. The number of fused-ring (bicyclic) bond motifs is 3. The fourth-order valence-electron chi connectivity index (χ4n) is 3.43. The average molecular weight is 387 g/mol. The molecule has 0 saturated carbocycles. The van der Waals surface area contributed by atoms with Crippen molar-refractivity contribution in [3.63, 3.8) is 0 Å². The maximum atomic E-state index is 12.6. The van der Waals surface area contributed by atoms with E-state index in [4.69, 9.17) is 0 Å². The van der Waals surface area contributed by atoms with Crippen LogP contribution in [0.25, 0.3) is 11.1 Å². The number of hydrogen-bond acceptors (Lipinski definition) is 5. The van der Waals surface area contributed by atoms with Crippen LogP contribution in [0.5, 0.6) is 0 Å². The number of nitrogens with zero attached hydrogens (tertiary/aromatic N) is 1. The Balaban J connectivity index is 1.39. The van der Waals surface area contributed by atoms with Gasteiger partial charge in [0.1, 0.15) is 5.69 Å². The van der Waals surface area contributed by atoms with Gasteiger partial charge in [-0.05, 0) is 29.3 Å². The molecule has 0 aliphatic heterocycles. The second-order valence-electron chi connectivity index (χ2n) is 6.59. The third-order valence-electron chi connectivity index (χ3n) is 4.81. The number of para-hydroxylation sites is 2. The summed E-state index contributed by atoms with van der Waals surface area (Å²) in [4.78, 5) is 35.6. The first-order valence-corrected chi connectivity index (χ1v) is 9.10. The number of amides is 1. The highest BCUT2D eigenvalue weighted by molar-refractivity contribution is 6.22. The molecule has 7 nitrogen and oxygen atoms in total. The minimum absolute atomic E-state index is 0.0180. The van der Waals surface area contributed by atoms with Gasteiger partial charge in [-0.2, -0.15) is 0 Å². The molecule has 0 fully saturated rings. The van der Waals surface area contributed by atoms with E-state index in [0.717, 1.165) is 11.1 Å². The van der Waals surface area contributed by atoms with E-state index in [9.17, 15) is 19.7 Å². The van der Waals surface area contributed by atoms with Crippen molar-refractivity contribution in [3.05, 3.63) is 93.5 Å². The molecule has 1 amide bonds. The molecule has 3 aromatic carbocycles. The highest BCUT2D eigenvalue weighted by Gasteiger charge is 2.26. The van der Waals surface area contributed by atoms with E-state index in [2.05, 4.69) is 10.6 Å². The zero-order valence-corrected chi connectivity index (χ0v) is 15.3. The third-order valence-corrected chi connectivity index (χ3v) is 4.81. The quantitative estimate of drug-likeness (QED) is 0.299. The molecular weight excluding hydrogens is 370 g/mol. The molecule has 0 unspecified atom stereocenters. The summed E-state index contributed by atoms with van der Waals surface area (Å²) in [6, 6.07) is 18.8. The number of benzene rings is 3. The minimum atomic E-state index is -0.458. The number of hydrogen-bond donors (Lipinski definition) is 2. The maximum Gasteiger partial charge on any atom is 0.292 e. The van der Waals surface area contributed by atoms with Crippen molar-refractivity contribution in [2.45, 2.75) is 0 Å². The molecule has 0 atom stereocenters. The zero-order valence-electron chi connectivity index (χ0n) is 15.3. The molecule has 0 radical (unpaired) electrons. The van der Waals surface area contributed by atoms with Gasteiger partial charge in [-0.25, -0.2) is 0 Å². The van der Waals surface area contributed by atoms with Gasteiger partial charge >= 0.3 is 0 Å². The van der Waals surface area contributed by atoms with Crippen molar-refractivity contribution in [2.75, 3.05) is 18.4 Å². The van der Waals surface area contributed by atoms with Crippen LogP contribution in [0.4, 0.5) is 11.4 Å². The molecule has 1 aliphatic rings. The number of nitrogens with one attached hydrogen (secondary N) is 2. The summed E-state index contributed by atoms with van der Waals surface area (Å²) >= 11 is 0. The van der Waals surface area contributed by atoms with Crippen molar-refractivity contribution in [1.82, 2.24) is 5.32 Å². The molecule has 0 bridgehead atoms. The second-order valence-corrected chi connectivity index (χ2v) is 6.59. The van der Waals surface area contributed by atoms with Crippen molar-refractivity contribution >= 4 is 23.1 Å². The first-order valence-electron chi connectivity index (χ1n) is 9.10. The minimum Gasteiger partial charge on any atom is -0.378 e. The first-order chi connectivity index (χ1) is 14.1. The van der Waals surface area contributed by atoms with Gasteiger partial charge in [0.25, 0.3) is 11.6 Å². The van der Waals surface area contributed by atoms with E-state index < -0.39 is 4.92 Å². The summed E-state index contributed by atoms with van der Waals surface area (Å²) < 4.78 is 0. The molecule has 0 spiro atoms. The number of nitro benzene ring substituents is 1. The maximum absolute atomic E-state index is 12.6. The van der Waals surface area contributed by atoms with Crippen molar-refractivity contribution in [2.24, 2.45) is 0 Å². The van der Waals surface area contributed by atoms with Gasteiger partial charge < -0.3 is 10.6 Å². The zero-order chi connectivity index (χ0) is 20.4. The van der Waals surface area contributed by atoms with Gasteiger partial charge in [-0.3, -0.25) is 19.7 Å². The fourth-order valence-corrected chi connectivity index (χ4v) is 3.43. The Bertz CT molecular complexity index is 1140. The summed E-state index contributed by atoms with van der Waals surface area (Å²) in [7, 11) is 0. The van der Waals surface area contributed by atoms with Crippen LogP contribution in [0.2, 0.25) is 0 Å². The van der Waals surface area contributed by atoms with Crippen LogP contribution in [0, 0.1) is 10.1 Å². The Kier molecular flexibility index (Phi) is 4.78. The number of nitro groups is 1. The molecule has 1 aliphatic carbocycles. The van der Waals surface area contributed by atoms with Crippen LogP contribution < -0.4 is 10.6 Å². The number of anilines is 1. The monoisotopic (exact) mass is 387 g/mol. The lowest BCUT2D eigenvalue weighted by molar-refractivity contribution is -0.384. The van der Waals surface area contributed by atoms with Gasteiger partial charge in [0, 0.05) is 35.8 Å². The summed E-state index contributed by atoms with van der Waals surface area (Å²) in [6.07, 6.45) is 0. The van der Waals surface area contributed by atoms with Gasteiger partial charge in [-0.15, -0.1) is 0 Å². The number of rotatable bonds is 6. The van der Waals surface area contributed by atoms with Crippen LogP contribution >= 0.6 is 0 Å². The van der Waals surface area contributed by atoms with E-state index in [-0.39, 0.29) is 23.9 Å². The molecule has 0 heterocycles. The molecule has 2 N–H and O–H groups in total. The Morgan fingerprint density at radius 3 is 2.34 bits per heavy atom. The van der Waals surface area contributed by atoms with Crippen molar-refractivity contribution in [3.8, 4) is 11.1 Å². The lowest BCUT2D eigenvalue weighted by Crippen LogP contribution is -2.29. The van der Waals surface area contributed by atoms with Gasteiger partial charge in [0.2, 0.25) is 0 Å². The van der Waals surface area contributed by atoms with E-state index in [1.54, 1.807) is 42.5 Å². The normalized spacial score (nSPS) is 11.5. The summed E-state index contributed by atoms with van der Waals surface area (Å²) in [6.45, 7) is 0.599. The van der Waals surface area contributed by atoms with E-state index in [0.29, 0.717) is 28.9 Å². The average Bonchev–Trinajstić information content (AvgIpc) is 3.03. The van der Waals surface area contributed by atoms with E-state index in [1.165, 1.54) is 6.07 Å². The van der Waals surface area contributed by atoms with Crippen molar-refractivity contribution in [1.29, 1.82) is 0 Å². The Morgan fingerprint density at radius 1 is 0.862 bits per heavy atom. The van der Waals surface area contributed by atoms with Gasteiger partial charge in [0.05, 0.1) is 4.92 Å². The van der Waals surface area contributed by atoms with E-state index >= 15 is 0 Å². The lowest BCUT2D eigenvalue weighted by atomic mass is 10.0. The van der Waals surface area contributed by atoms with Gasteiger partial charge in [-0.1, -0.05) is 42.5 Å². The smallest absolute Gasteiger partial charge is 0.292 e. The second kappa shape index (κ2) is 7.55. The number of carbonyl (C=O) groups excluding carboxylic acids is 2. The highest BCUT2D eigenvalue weighted by Crippen LogP contribution is 2.36. The van der Waals surface area contributed by atoms with Crippen LogP contribution in [0.1, 0.15) is 26.3 Å². The fraction of sp³-hybridized carbons (Fsp3) is 0.0909. The molecule has 7 heteroatoms. The summed E-state index contributed by atoms with van der Waals surface area (Å²) in [5.41, 5.74) is 3.66. The predicted octanol–water partition coefficient (Wildman–Crippen LogP) is 3.65. The van der Waals surface area contributed by atoms with Crippen LogP contribution in [0.15, 0.2) is 66.7 Å². The first kappa shape index (κ1) is 18.4. The largest absolute Gasteiger partial charge is 0.378 e. The Hall–Kier alpha value is -4.00. The SMILES string of the molecule is O=C(NCCNc1ccccc1[N+](=O)[O-])c1ccc2c(c1)C(=O)c1ccccc1-2. The summed E-state index contributed by atoms with van der Waals surface area (Å²) in [5, 5.41) is 16.7. The standard InChI is InChI=1S/C22H17N3O4/c26-21-17-6-2-1-5-15(17)16-10-9-14(13-18(16)21)22(27)24-12-11-23-19-7-3-4-8-20(19)25(28)29/h1-10,13,23H,11-12H2,(H,24,27). The third kappa shape index (κ3) is 3.45. The molecular formula is C22H17N3O4. The highest BCUT2D eigenvalue weighted by atomic mass is 16.6. The van der Waals surface area contributed by atoms with Crippen LogP contribution in [0.3, 0.4) is 0 Å². The molecule has 4 rings (SSSR count). The van der Waals surface area contributed by atoms with Crippen LogP contribution in [-0.4, -0.2) is 29.7 Å². The Labute approximate surface area is 166 Å². The molecule has 3 aromatic rings.